The van der Waals surface area contributed by atoms with E-state index < -0.39 is 0 Å². The molecule has 0 aliphatic heterocycles. The molecule has 0 atom stereocenters. The molecular formula is C8H7ClN4S3. The molecule has 0 spiro atoms. The van der Waals surface area contributed by atoms with E-state index in [1.807, 2.05) is 6.26 Å². The monoisotopic (exact) mass is 290 g/mol. The summed E-state index contributed by atoms with van der Waals surface area (Å²) in [7, 11) is 0. The summed E-state index contributed by atoms with van der Waals surface area (Å²) in [5.74, 6) is 0. The summed E-state index contributed by atoms with van der Waals surface area (Å²) in [5.41, 5.74) is 6.11. The van der Waals surface area contributed by atoms with Gasteiger partial charge in [-0.1, -0.05) is 34.7 Å². The highest BCUT2D eigenvalue weighted by atomic mass is 35.5. The van der Waals surface area contributed by atoms with E-state index in [0.717, 1.165) is 8.68 Å². The third kappa shape index (κ3) is 2.79. The number of halogens is 1. The second-order valence-corrected chi connectivity index (χ2v) is 6.37. The zero-order valence-corrected chi connectivity index (χ0v) is 11.4. The second kappa shape index (κ2) is 5.22. The van der Waals surface area contributed by atoms with Crippen molar-refractivity contribution in [2.75, 3.05) is 12.0 Å². The number of rotatable bonds is 3. The lowest BCUT2D eigenvalue weighted by Crippen LogP contribution is -1.88. The predicted octanol–water partition coefficient (Wildman–Crippen LogP) is 3.04. The van der Waals surface area contributed by atoms with Crippen LogP contribution in [0, 0.1) is 0 Å². The molecule has 8 heteroatoms. The summed E-state index contributed by atoms with van der Waals surface area (Å²) in [6, 6.07) is 1.67. The molecule has 0 aliphatic carbocycles. The third-order valence-electron chi connectivity index (χ3n) is 1.58. The molecular weight excluding hydrogens is 284 g/mol. The molecule has 0 radical (unpaired) electrons. The van der Waals surface area contributed by atoms with E-state index in [1.165, 1.54) is 23.1 Å². The topological polar surface area (TPSA) is 64.7 Å². The van der Waals surface area contributed by atoms with E-state index in [0.29, 0.717) is 15.7 Å². The minimum Gasteiger partial charge on any atom is -0.397 e. The van der Waals surface area contributed by atoms with Gasteiger partial charge in [-0.2, -0.15) is 0 Å². The summed E-state index contributed by atoms with van der Waals surface area (Å²) >= 11 is 10.5. The van der Waals surface area contributed by atoms with Crippen LogP contribution in [0.1, 0.15) is 0 Å². The van der Waals surface area contributed by atoms with Crippen LogP contribution in [0.25, 0.3) is 0 Å². The van der Waals surface area contributed by atoms with Gasteiger partial charge in [-0.25, -0.2) is 4.98 Å². The smallest absolute Gasteiger partial charge is 0.181 e. The van der Waals surface area contributed by atoms with Crippen LogP contribution >= 0.6 is 46.5 Å². The quantitative estimate of drug-likeness (QED) is 0.877. The van der Waals surface area contributed by atoms with Crippen LogP contribution in [0.2, 0.25) is 5.02 Å². The van der Waals surface area contributed by atoms with Gasteiger partial charge >= 0.3 is 0 Å². The first-order valence-corrected chi connectivity index (χ1v) is 7.39. The largest absolute Gasteiger partial charge is 0.397 e. The Morgan fingerprint density at radius 2 is 2.12 bits per heavy atom. The average Bonchev–Trinajstić information content (AvgIpc) is 2.70. The molecule has 2 heterocycles. The number of hydrogen-bond acceptors (Lipinski definition) is 7. The van der Waals surface area contributed by atoms with Gasteiger partial charge in [0, 0.05) is 0 Å². The highest BCUT2D eigenvalue weighted by Gasteiger charge is 2.09. The highest BCUT2D eigenvalue weighted by molar-refractivity contribution is 8.03. The Labute approximate surface area is 110 Å². The fourth-order valence-electron chi connectivity index (χ4n) is 0.919. The van der Waals surface area contributed by atoms with Crippen LogP contribution in [0.15, 0.2) is 26.0 Å². The molecule has 2 aromatic heterocycles. The number of nitrogens with two attached hydrogens (primary N) is 1. The first-order chi connectivity index (χ1) is 7.69. The maximum atomic E-state index is 6.01. The van der Waals surface area contributed by atoms with Crippen LogP contribution in [0.5, 0.6) is 0 Å². The molecule has 2 rings (SSSR count). The zero-order valence-electron chi connectivity index (χ0n) is 8.18. The Kier molecular flexibility index (Phi) is 3.91. The van der Waals surface area contributed by atoms with Crippen molar-refractivity contribution in [2.45, 2.75) is 13.7 Å². The normalized spacial score (nSPS) is 10.6. The minimum absolute atomic E-state index is 0.533. The minimum atomic E-state index is 0.533. The Bertz CT molecular complexity index is 502. The Morgan fingerprint density at radius 3 is 2.75 bits per heavy atom. The second-order valence-electron chi connectivity index (χ2n) is 2.70. The lowest BCUT2D eigenvalue weighted by molar-refractivity contribution is 0.953. The van der Waals surface area contributed by atoms with Gasteiger partial charge in [-0.3, -0.25) is 0 Å². The van der Waals surface area contributed by atoms with Crippen LogP contribution < -0.4 is 5.73 Å². The Hall–Kier alpha value is -0.500. The number of nitrogen functional groups attached to an aromatic ring is 1. The Morgan fingerprint density at radius 1 is 1.38 bits per heavy atom. The molecule has 0 aliphatic rings. The summed E-state index contributed by atoms with van der Waals surface area (Å²) < 4.78 is 1.75. The van der Waals surface area contributed by atoms with Gasteiger partial charge in [0.25, 0.3) is 0 Å². The van der Waals surface area contributed by atoms with Crippen LogP contribution in [0.3, 0.4) is 0 Å². The van der Waals surface area contributed by atoms with Crippen LogP contribution in [0.4, 0.5) is 5.69 Å². The van der Waals surface area contributed by atoms with E-state index >= 15 is 0 Å². The van der Waals surface area contributed by atoms with Gasteiger partial charge in [0.15, 0.2) is 8.68 Å². The van der Waals surface area contributed by atoms with E-state index in [1.54, 1.807) is 24.0 Å². The molecule has 0 fully saturated rings. The van der Waals surface area contributed by atoms with Gasteiger partial charge in [0.2, 0.25) is 0 Å². The maximum absolute atomic E-state index is 6.01. The van der Waals surface area contributed by atoms with Crippen molar-refractivity contribution in [3.8, 4) is 0 Å². The number of hydrogen-bond donors (Lipinski definition) is 1. The van der Waals surface area contributed by atoms with Crippen molar-refractivity contribution in [3.05, 3.63) is 17.3 Å². The molecule has 0 bridgehead atoms. The number of pyridine rings is 1. The van der Waals surface area contributed by atoms with Crippen molar-refractivity contribution in [2.24, 2.45) is 0 Å². The fourth-order valence-corrected chi connectivity index (χ4v) is 3.52. The maximum Gasteiger partial charge on any atom is 0.181 e. The predicted molar refractivity (Wildman–Crippen MR) is 69.5 cm³/mol. The number of thioether (sulfide) groups is 1. The molecule has 0 aromatic carbocycles. The Balaban J connectivity index is 2.20. The van der Waals surface area contributed by atoms with Gasteiger partial charge in [0.1, 0.15) is 5.03 Å². The molecule has 0 amide bonds. The van der Waals surface area contributed by atoms with Gasteiger partial charge in [-0.05, 0) is 24.1 Å². The van der Waals surface area contributed by atoms with Crippen LogP contribution in [-0.4, -0.2) is 21.4 Å². The van der Waals surface area contributed by atoms with Gasteiger partial charge < -0.3 is 5.73 Å². The van der Waals surface area contributed by atoms with Crippen molar-refractivity contribution in [1.82, 2.24) is 15.2 Å². The lowest BCUT2D eigenvalue weighted by atomic mass is 10.4. The van der Waals surface area contributed by atoms with E-state index in [-0.39, 0.29) is 0 Å². The van der Waals surface area contributed by atoms with Crippen molar-refractivity contribution >= 4 is 52.1 Å². The van der Waals surface area contributed by atoms with E-state index in [2.05, 4.69) is 15.2 Å². The standard InChI is InChI=1S/C8H7ClN4S3/c1-14-7-12-13-8(16-7)15-6-5(9)2-4(10)3-11-6/h2-3H,10H2,1H3. The lowest BCUT2D eigenvalue weighted by Gasteiger charge is -2.00. The number of aromatic nitrogens is 3. The summed E-state index contributed by atoms with van der Waals surface area (Å²) in [6.45, 7) is 0. The number of anilines is 1. The van der Waals surface area contributed by atoms with E-state index in [4.69, 9.17) is 17.3 Å². The fraction of sp³-hybridized carbons (Fsp3) is 0.125. The zero-order chi connectivity index (χ0) is 11.5. The number of nitrogens with zero attached hydrogens (tertiary/aromatic N) is 3. The first kappa shape index (κ1) is 12.0. The molecule has 4 nitrogen and oxygen atoms in total. The molecule has 84 valence electrons. The van der Waals surface area contributed by atoms with Gasteiger partial charge in [-0.15, -0.1) is 10.2 Å². The van der Waals surface area contributed by atoms with Crippen molar-refractivity contribution < 1.29 is 0 Å². The molecule has 16 heavy (non-hydrogen) atoms. The molecule has 0 saturated carbocycles. The molecule has 2 N–H and O–H groups in total. The SMILES string of the molecule is CSc1nnc(Sc2ncc(N)cc2Cl)s1. The van der Waals surface area contributed by atoms with E-state index in [9.17, 15) is 0 Å². The first-order valence-electron chi connectivity index (χ1n) is 4.15. The third-order valence-corrected chi connectivity index (χ3v) is 4.94. The van der Waals surface area contributed by atoms with Crippen LogP contribution in [-0.2, 0) is 0 Å². The molecule has 0 unspecified atom stereocenters. The van der Waals surface area contributed by atoms with Crippen molar-refractivity contribution in [1.29, 1.82) is 0 Å². The van der Waals surface area contributed by atoms with Gasteiger partial charge in [0.05, 0.1) is 16.9 Å². The summed E-state index contributed by atoms with van der Waals surface area (Å²) in [5, 5.41) is 9.25. The highest BCUT2D eigenvalue weighted by Crippen LogP contribution is 2.35. The summed E-state index contributed by atoms with van der Waals surface area (Å²) in [6.07, 6.45) is 3.54. The van der Waals surface area contributed by atoms with Crippen molar-refractivity contribution in [3.63, 3.8) is 0 Å². The molecule has 2 aromatic rings. The molecule has 0 saturated heterocycles. The average molecular weight is 291 g/mol. The summed E-state index contributed by atoms with van der Waals surface area (Å²) in [4.78, 5) is 4.15.